The van der Waals surface area contributed by atoms with Crippen molar-refractivity contribution in [3.8, 4) is 0 Å². The van der Waals surface area contributed by atoms with Gasteiger partial charge >= 0.3 is 0 Å². The maximum Gasteiger partial charge on any atom is 0.263 e. The third kappa shape index (κ3) is 2.47. The molecular formula is C19H20N2O3. The molecule has 24 heavy (non-hydrogen) atoms. The molecule has 0 radical (unpaired) electrons. The van der Waals surface area contributed by atoms with E-state index >= 15 is 0 Å². The van der Waals surface area contributed by atoms with Gasteiger partial charge in [0.25, 0.3) is 5.91 Å². The molecule has 0 saturated carbocycles. The summed E-state index contributed by atoms with van der Waals surface area (Å²) >= 11 is 0. The molecule has 2 aromatic carbocycles. The Balaban J connectivity index is 1.90. The van der Waals surface area contributed by atoms with Crippen LogP contribution >= 0.6 is 0 Å². The second-order valence-corrected chi connectivity index (χ2v) is 6.28. The fraction of sp³-hybridized carbons (Fsp3) is 0.263. The van der Waals surface area contributed by atoms with Gasteiger partial charge in [0.15, 0.2) is 11.4 Å². The summed E-state index contributed by atoms with van der Waals surface area (Å²) in [7, 11) is 5.45. The fourth-order valence-corrected chi connectivity index (χ4v) is 3.07. The average molecular weight is 324 g/mol. The van der Waals surface area contributed by atoms with Crippen LogP contribution in [0.1, 0.15) is 22.3 Å². The normalized spacial score (nSPS) is 19.3. The summed E-state index contributed by atoms with van der Waals surface area (Å²) in [5.41, 5.74) is 0.778. The number of ketones is 1. The van der Waals surface area contributed by atoms with Crippen LogP contribution in [0.5, 0.6) is 0 Å². The molecule has 0 saturated heterocycles. The lowest BCUT2D eigenvalue weighted by molar-refractivity contribution is -0.135. The van der Waals surface area contributed by atoms with Crippen LogP contribution in [-0.4, -0.2) is 37.9 Å². The number of aliphatic hydroxyl groups is 1. The summed E-state index contributed by atoms with van der Waals surface area (Å²) in [5.74, 6) is -0.733. The molecule has 0 aromatic heterocycles. The van der Waals surface area contributed by atoms with E-state index in [9.17, 15) is 14.7 Å². The Kier molecular flexibility index (Phi) is 3.89. The van der Waals surface area contributed by atoms with E-state index < -0.39 is 11.5 Å². The van der Waals surface area contributed by atoms with Crippen molar-refractivity contribution in [2.24, 2.45) is 0 Å². The highest BCUT2D eigenvalue weighted by molar-refractivity contribution is 6.10. The van der Waals surface area contributed by atoms with Gasteiger partial charge in [0.05, 0.1) is 12.1 Å². The molecule has 3 rings (SSSR count). The SMILES string of the molecule is CN(C)c1ccc(C(=O)CC2(O)C(=O)N(C)c3ccccc32)cc1. The van der Waals surface area contributed by atoms with Crippen molar-refractivity contribution in [1.29, 1.82) is 0 Å². The lowest BCUT2D eigenvalue weighted by Gasteiger charge is -2.21. The number of fused-ring (bicyclic) bond motifs is 1. The number of hydrogen-bond acceptors (Lipinski definition) is 4. The van der Waals surface area contributed by atoms with Crippen molar-refractivity contribution >= 4 is 23.1 Å². The van der Waals surface area contributed by atoms with Gasteiger partial charge in [-0.3, -0.25) is 9.59 Å². The number of carbonyl (C=O) groups is 2. The van der Waals surface area contributed by atoms with E-state index in [1.54, 1.807) is 43.4 Å². The van der Waals surface area contributed by atoms with E-state index in [0.29, 0.717) is 16.8 Å². The third-order valence-corrected chi connectivity index (χ3v) is 4.49. The second kappa shape index (κ2) is 5.76. The van der Waals surface area contributed by atoms with Crippen LogP contribution in [0.3, 0.4) is 0 Å². The molecule has 5 nitrogen and oxygen atoms in total. The lowest BCUT2D eigenvalue weighted by Crippen LogP contribution is -2.40. The molecule has 2 aromatic rings. The molecule has 0 bridgehead atoms. The molecule has 1 atom stereocenters. The number of anilines is 2. The third-order valence-electron chi connectivity index (χ3n) is 4.49. The van der Waals surface area contributed by atoms with Crippen LogP contribution in [0.15, 0.2) is 48.5 Å². The van der Waals surface area contributed by atoms with Crippen molar-refractivity contribution in [3.05, 3.63) is 59.7 Å². The zero-order valence-electron chi connectivity index (χ0n) is 14.0. The molecule has 124 valence electrons. The van der Waals surface area contributed by atoms with Gasteiger partial charge in [-0.2, -0.15) is 0 Å². The number of likely N-dealkylation sites (N-methyl/N-ethyl adjacent to an activating group) is 1. The van der Waals surface area contributed by atoms with Crippen molar-refractivity contribution in [1.82, 2.24) is 0 Å². The molecule has 0 fully saturated rings. The van der Waals surface area contributed by atoms with Gasteiger partial charge in [-0.25, -0.2) is 0 Å². The number of amides is 1. The van der Waals surface area contributed by atoms with Crippen LogP contribution in [0.2, 0.25) is 0 Å². The maximum absolute atomic E-state index is 12.6. The number of benzene rings is 2. The van der Waals surface area contributed by atoms with Gasteiger partial charge in [-0.15, -0.1) is 0 Å². The fourth-order valence-electron chi connectivity index (χ4n) is 3.07. The first kappa shape index (κ1) is 16.2. The number of para-hydroxylation sites is 1. The summed E-state index contributed by atoms with van der Waals surface area (Å²) in [5, 5.41) is 10.9. The molecule has 0 spiro atoms. The van der Waals surface area contributed by atoms with Crippen LogP contribution in [0, 0.1) is 0 Å². The number of Topliss-reactive ketones (excluding diaryl/α,β-unsaturated/α-hetero) is 1. The highest BCUT2D eigenvalue weighted by Crippen LogP contribution is 2.41. The van der Waals surface area contributed by atoms with E-state index in [-0.39, 0.29) is 12.2 Å². The highest BCUT2D eigenvalue weighted by atomic mass is 16.3. The van der Waals surface area contributed by atoms with E-state index in [4.69, 9.17) is 0 Å². The minimum Gasteiger partial charge on any atom is -0.378 e. The lowest BCUT2D eigenvalue weighted by atomic mass is 9.88. The van der Waals surface area contributed by atoms with Gasteiger partial charge < -0.3 is 14.9 Å². The Labute approximate surface area is 141 Å². The van der Waals surface area contributed by atoms with E-state index in [1.165, 1.54) is 4.90 Å². The number of carbonyl (C=O) groups excluding carboxylic acids is 2. The van der Waals surface area contributed by atoms with Crippen molar-refractivity contribution in [2.45, 2.75) is 12.0 Å². The van der Waals surface area contributed by atoms with E-state index in [2.05, 4.69) is 0 Å². The van der Waals surface area contributed by atoms with Gasteiger partial charge in [0.1, 0.15) is 0 Å². The number of nitrogens with zero attached hydrogens (tertiary/aromatic N) is 2. The van der Waals surface area contributed by atoms with Crippen LogP contribution in [0.4, 0.5) is 11.4 Å². The molecule has 1 unspecified atom stereocenters. The Morgan fingerprint density at radius 2 is 1.75 bits per heavy atom. The average Bonchev–Trinajstić information content (AvgIpc) is 2.77. The van der Waals surface area contributed by atoms with Crippen LogP contribution in [0.25, 0.3) is 0 Å². The molecule has 1 heterocycles. The van der Waals surface area contributed by atoms with Crippen molar-refractivity contribution in [3.63, 3.8) is 0 Å². The summed E-state index contributed by atoms with van der Waals surface area (Å²) in [6.45, 7) is 0. The molecule has 1 aliphatic heterocycles. The zero-order chi connectivity index (χ0) is 17.5. The minimum atomic E-state index is -1.80. The van der Waals surface area contributed by atoms with Crippen LogP contribution < -0.4 is 9.80 Å². The number of hydrogen-bond donors (Lipinski definition) is 1. The topological polar surface area (TPSA) is 60.9 Å². The number of rotatable bonds is 4. The van der Waals surface area contributed by atoms with E-state index in [0.717, 1.165) is 5.69 Å². The molecule has 0 aliphatic carbocycles. The quantitative estimate of drug-likeness (QED) is 0.876. The van der Waals surface area contributed by atoms with Gasteiger partial charge in [-0.05, 0) is 30.3 Å². The first-order valence-corrected chi connectivity index (χ1v) is 7.75. The molecular weight excluding hydrogens is 304 g/mol. The standard InChI is InChI=1S/C19H20N2O3/c1-20(2)14-10-8-13(9-11-14)17(22)12-19(24)15-6-4-5-7-16(15)21(3)18(19)23/h4-11,24H,12H2,1-3H3. The summed E-state index contributed by atoms with van der Waals surface area (Å²) < 4.78 is 0. The molecule has 1 amide bonds. The summed E-state index contributed by atoms with van der Waals surface area (Å²) in [6, 6.07) is 14.1. The Morgan fingerprint density at radius 3 is 2.38 bits per heavy atom. The Bertz CT molecular complexity index is 799. The largest absolute Gasteiger partial charge is 0.378 e. The summed E-state index contributed by atoms with van der Waals surface area (Å²) in [4.78, 5) is 28.5. The highest BCUT2D eigenvalue weighted by Gasteiger charge is 2.49. The van der Waals surface area contributed by atoms with Crippen molar-refractivity contribution < 1.29 is 14.7 Å². The molecule has 1 N–H and O–H groups in total. The zero-order valence-corrected chi connectivity index (χ0v) is 14.0. The van der Waals surface area contributed by atoms with Crippen molar-refractivity contribution in [2.75, 3.05) is 30.9 Å². The van der Waals surface area contributed by atoms with Gasteiger partial charge in [-0.1, -0.05) is 18.2 Å². The first-order valence-electron chi connectivity index (χ1n) is 7.75. The maximum atomic E-state index is 12.6. The molecule has 5 heteroatoms. The predicted octanol–water partition coefficient (Wildman–Crippen LogP) is 2.19. The second-order valence-electron chi connectivity index (χ2n) is 6.28. The Hall–Kier alpha value is -2.66. The van der Waals surface area contributed by atoms with Gasteiger partial charge in [0, 0.05) is 38.0 Å². The van der Waals surface area contributed by atoms with Gasteiger partial charge in [0.2, 0.25) is 0 Å². The minimum absolute atomic E-state index is 0.263. The Morgan fingerprint density at radius 1 is 1.12 bits per heavy atom. The first-order chi connectivity index (χ1) is 11.3. The summed E-state index contributed by atoms with van der Waals surface area (Å²) in [6.07, 6.45) is -0.269. The van der Waals surface area contributed by atoms with Crippen LogP contribution in [-0.2, 0) is 10.4 Å². The smallest absolute Gasteiger partial charge is 0.263 e. The molecule has 1 aliphatic rings. The predicted molar refractivity (Wildman–Crippen MR) is 93.5 cm³/mol. The monoisotopic (exact) mass is 324 g/mol. The van der Waals surface area contributed by atoms with E-state index in [1.807, 2.05) is 31.1 Å².